The quantitative estimate of drug-likeness (QED) is 0.795. The normalized spacial score (nSPS) is 24.5. The fourth-order valence-electron chi connectivity index (χ4n) is 3.53. The molecule has 0 atom stereocenters. The van der Waals surface area contributed by atoms with Crippen molar-refractivity contribution in [2.45, 2.75) is 50.5 Å². The Morgan fingerprint density at radius 3 is 2.96 bits per heavy atom. The minimum atomic E-state index is -0.0341. The number of ether oxygens (including phenoxy) is 1. The molecule has 1 saturated carbocycles. The number of fused-ring (bicyclic) bond motifs is 1. The Bertz CT molecular complexity index is 830. The lowest BCUT2D eigenvalue weighted by atomic mass is 9.74. The van der Waals surface area contributed by atoms with E-state index in [4.69, 9.17) is 9.26 Å². The van der Waals surface area contributed by atoms with E-state index in [1.54, 1.807) is 7.11 Å². The average Bonchev–Trinajstić information content (AvgIpc) is 3.25. The highest BCUT2D eigenvalue weighted by molar-refractivity contribution is 5.78. The van der Waals surface area contributed by atoms with E-state index in [0.29, 0.717) is 12.5 Å². The zero-order chi connectivity index (χ0) is 16.6. The molecule has 0 radical (unpaired) electrons. The van der Waals surface area contributed by atoms with Crippen LogP contribution in [0.4, 0.5) is 0 Å². The molecule has 0 aliphatic heterocycles. The molecule has 24 heavy (non-hydrogen) atoms. The van der Waals surface area contributed by atoms with Crippen LogP contribution in [0.1, 0.15) is 49.9 Å². The third-order valence-corrected chi connectivity index (χ3v) is 5.22. The highest BCUT2D eigenvalue weighted by Crippen LogP contribution is 2.39. The molecular weight excluding hydrogens is 304 g/mol. The van der Waals surface area contributed by atoms with Crippen molar-refractivity contribution in [3.05, 3.63) is 41.7 Å². The van der Waals surface area contributed by atoms with Gasteiger partial charge in [-0.2, -0.15) is 10.1 Å². The Labute approximate surface area is 140 Å². The van der Waals surface area contributed by atoms with Gasteiger partial charge in [-0.05, 0) is 37.3 Å². The van der Waals surface area contributed by atoms with E-state index in [9.17, 15) is 0 Å². The Kier molecular flexibility index (Phi) is 3.84. The van der Waals surface area contributed by atoms with E-state index in [1.807, 2.05) is 6.20 Å². The first-order valence-corrected chi connectivity index (χ1v) is 8.44. The summed E-state index contributed by atoms with van der Waals surface area (Å²) in [6, 6.07) is 6.23. The summed E-state index contributed by atoms with van der Waals surface area (Å²) in [5.74, 6) is 1.49. The number of H-pyrrole nitrogens is 1. The third kappa shape index (κ3) is 2.82. The van der Waals surface area contributed by atoms with Gasteiger partial charge >= 0.3 is 0 Å². The van der Waals surface area contributed by atoms with Gasteiger partial charge in [-0.25, -0.2) is 0 Å². The molecule has 1 fully saturated rings. The molecule has 6 heteroatoms. The van der Waals surface area contributed by atoms with Gasteiger partial charge in [0.05, 0.1) is 17.8 Å². The lowest BCUT2D eigenvalue weighted by molar-refractivity contribution is 0.0452. The molecule has 0 saturated heterocycles. The van der Waals surface area contributed by atoms with E-state index in [1.165, 1.54) is 0 Å². The van der Waals surface area contributed by atoms with Crippen LogP contribution < -0.4 is 0 Å². The smallest absolute Gasteiger partial charge is 0.232 e. The van der Waals surface area contributed by atoms with Crippen molar-refractivity contribution in [1.29, 1.82) is 0 Å². The fraction of sp³-hybridized carbons (Fsp3) is 0.500. The van der Waals surface area contributed by atoms with E-state index in [2.05, 4.69) is 45.5 Å². The van der Waals surface area contributed by atoms with Crippen molar-refractivity contribution >= 4 is 10.9 Å². The summed E-state index contributed by atoms with van der Waals surface area (Å²) in [6.07, 6.45) is 6.97. The summed E-state index contributed by atoms with van der Waals surface area (Å²) in [5, 5.41) is 12.3. The molecule has 0 unspecified atom stereocenters. The Morgan fingerprint density at radius 2 is 2.17 bits per heavy atom. The molecular formula is C18H22N4O2. The molecule has 1 aromatic carbocycles. The van der Waals surface area contributed by atoms with Crippen molar-refractivity contribution < 1.29 is 9.26 Å². The first-order chi connectivity index (χ1) is 11.7. The zero-order valence-corrected chi connectivity index (χ0v) is 14.1. The molecule has 1 aliphatic rings. The fourth-order valence-corrected chi connectivity index (χ4v) is 3.53. The van der Waals surface area contributed by atoms with Crippen LogP contribution >= 0.6 is 0 Å². The molecule has 2 heterocycles. The van der Waals surface area contributed by atoms with Crippen molar-refractivity contribution in [3.63, 3.8) is 0 Å². The molecule has 6 nitrogen and oxygen atoms in total. The number of methoxy groups -OCH3 is 1. The summed E-state index contributed by atoms with van der Waals surface area (Å²) in [4.78, 5) is 4.68. The summed E-state index contributed by atoms with van der Waals surface area (Å²) in [7, 11) is 1.79. The van der Waals surface area contributed by atoms with Crippen LogP contribution in [0, 0.1) is 0 Å². The maximum Gasteiger partial charge on any atom is 0.232 e. The van der Waals surface area contributed by atoms with Crippen LogP contribution in [-0.4, -0.2) is 33.6 Å². The van der Waals surface area contributed by atoms with Crippen LogP contribution in [0.25, 0.3) is 10.9 Å². The van der Waals surface area contributed by atoms with Gasteiger partial charge in [-0.3, -0.25) is 5.10 Å². The second-order valence-corrected chi connectivity index (χ2v) is 6.98. The van der Waals surface area contributed by atoms with E-state index < -0.39 is 0 Å². The van der Waals surface area contributed by atoms with Crippen molar-refractivity contribution in [2.75, 3.05) is 7.11 Å². The van der Waals surface area contributed by atoms with E-state index in [0.717, 1.165) is 53.9 Å². The minimum Gasteiger partial charge on any atom is -0.381 e. The molecule has 0 spiro atoms. The second kappa shape index (κ2) is 6.02. The maximum absolute atomic E-state index is 5.60. The monoisotopic (exact) mass is 326 g/mol. The lowest BCUT2D eigenvalue weighted by Gasteiger charge is -2.33. The molecule has 4 rings (SSSR count). The Morgan fingerprint density at radius 1 is 1.33 bits per heavy atom. The van der Waals surface area contributed by atoms with Gasteiger partial charge in [-0.1, -0.05) is 24.2 Å². The first-order valence-electron chi connectivity index (χ1n) is 8.44. The van der Waals surface area contributed by atoms with E-state index >= 15 is 0 Å². The molecule has 1 N–H and O–H groups in total. The van der Waals surface area contributed by atoms with Gasteiger partial charge < -0.3 is 9.26 Å². The molecule has 0 amide bonds. The van der Waals surface area contributed by atoms with Crippen molar-refractivity contribution in [3.8, 4) is 0 Å². The maximum atomic E-state index is 5.60. The van der Waals surface area contributed by atoms with Gasteiger partial charge in [-0.15, -0.1) is 0 Å². The lowest BCUT2D eigenvalue weighted by Crippen LogP contribution is -2.31. The Balaban J connectivity index is 1.50. The van der Waals surface area contributed by atoms with Crippen LogP contribution in [0.3, 0.4) is 0 Å². The zero-order valence-electron chi connectivity index (χ0n) is 14.1. The number of aromatic nitrogens is 4. The highest BCUT2D eigenvalue weighted by Gasteiger charge is 2.37. The summed E-state index contributed by atoms with van der Waals surface area (Å²) in [5.41, 5.74) is 2.14. The largest absolute Gasteiger partial charge is 0.381 e. The molecule has 2 aromatic heterocycles. The SMILES string of the molecule is COC1CCC(C)(c2nc(Cc3ccc4cn[nH]c4c3)no2)CC1. The van der Waals surface area contributed by atoms with Gasteiger partial charge in [0.2, 0.25) is 5.89 Å². The van der Waals surface area contributed by atoms with Gasteiger partial charge in [0.15, 0.2) is 5.82 Å². The minimum absolute atomic E-state index is 0.0341. The number of rotatable bonds is 4. The number of hydrogen-bond donors (Lipinski definition) is 1. The number of nitrogens with zero attached hydrogens (tertiary/aromatic N) is 3. The van der Waals surface area contributed by atoms with Gasteiger partial charge in [0.25, 0.3) is 0 Å². The standard InChI is InChI=1S/C18H22N4O2/c1-18(7-5-14(23-2)6-8-18)17-20-16(22-24-17)10-12-3-4-13-11-19-21-15(13)9-12/h3-4,9,11,14H,5-8,10H2,1-2H3,(H,19,21). The van der Waals surface area contributed by atoms with Crippen LogP contribution in [-0.2, 0) is 16.6 Å². The molecule has 126 valence electrons. The van der Waals surface area contributed by atoms with Crippen LogP contribution in [0.5, 0.6) is 0 Å². The average molecular weight is 326 g/mol. The van der Waals surface area contributed by atoms with Crippen molar-refractivity contribution in [2.24, 2.45) is 0 Å². The summed E-state index contributed by atoms with van der Waals surface area (Å²) >= 11 is 0. The van der Waals surface area contributed by atoms with E-state index in [-0.39, 0.29) is 5.41 Å². The first kappa shape index (κ1) is 15.3. The third-order valence-electron chi connectivity index (χ3n) is 5.22. The molecule has 3 aromatic rings. The van der Waals surface area contributed by atoms with Crippen LogP contribution in [0.15, 0.2) is 28.9 Å². The van der Waals surface area contributed by atoms with Crippen LogP contribution in [0.2, 0.25) is 0 Å². The predicted octanol–water partition coefficient (Wildman–Crippen LogP) is 3.38. The number of nitrogens with one attached hydrogen (secondary N) is 1. The number of benzene rings is 1. The topological polar surface area (TPSA) is 76.8 Å². The second-order valence-electron chi connectivity index (χ2n) is 6.98. The Hall–Kier alpha value is -2.21. The number of hydrogen-bond acceptors (Lipinski definition) is 5. The van der Waals surface area contributed by atoms with Gasteiger partial charge in [0.1, 0.15) is 0 Å². The van der Waals surface area contributed by atoms with Gasteiger partial charge in [0, 0.05) is 24.3 Å². The summed E-state index contributed by atoms with van der Waals surface area (Å²) < 4.78 is 11.1. The van der Waals surface area contributed by atoms with Crippen molar-refractivity contribution in [1.82, 2.24) is 20.3 Å². The predicted molar refractivity (Wildman–Crippen MR) is 89.8 cm³/mol. The summed E-state index contributed by atoms with van der Waals surface area (Å²) in [6.45, 7) is 2.22. The molecule has 1 aliphatic carbocycles. The molecule has 0 bridgehead atoms. The highest BCUT2D eigenvalue weighted by atomic mass is 16.5. The number of aromatic amines is 1.